The number of Topliss-reactive ketones (excluding diaryl/α,β-unsaturated/α-hetero) is 1. The second-order valence-electron chi connectivity index (χ2n) is 4.31. The highest BCUT2D eigenvalue weighted by atomic mass is 16.4. The molecule has 1 heterocycles. The summed E-state index contributed by atoms with van der Waals surface area (Å²) in [7, 11) is 0. The number of fused-ring (bicyclic) bond motifs is 1. The summed E-state index contributed by atoms with van der Waals surface area (Å²) < 4.78 is 6.66. The van der Waals surface area contributed by atoms with E-state index >= 15 is 0 Å². The number of hydrogen-bond donors (Lipinski definition) is 0. The van der Waals surface area contributed by atoms with Crippen molar-refractivity contribution >= 4 is 16.9 Å². The van der Waals surface area contributed by atoms with Gasteiger partial charge in [0.2, 0.25) is 0 Å². The van der Waals surface area contributed by atoms with E-state index in [2.05, 4.69) is 0 Å². The third-order valence-electron chi connectivity index (χ3n) is 2.79. The van der Waals surface area contributed by atoms with Crippen LogP contribution in [-0.4, -0.2) is 10.4 Å². The van der Waals surface area contributed by atoms with E-state index in [4.69, 9.17) is 4.42 Å². The van der Waals surface area contributed by atoms with Crippen molar-refractivity contribution in [3.05, 3.63) is 34.3 Å². The molecule has 0 N–H and O–H groups in total. The molecule has 17 heavy (non-hydrogen) atoms. The zero-order valence-corrected chi connectivity index (χ0v) is 10.2. The van der Waals surface area contributed by atoms with Crippen LogP contribution in [-0.2, 0) is 6.54 Å². The first-order valence-electron chi connectivity index (χ1n) is 5.72. The number of aryl methyl sites for hydroxylation is 1. The molecule has 1 aromatic heterocycles. The van der Waals surface area contributed by atoms with Gasteiger partial charge in [-0.15, -0.1) is 0 Å². The van der Waals surface area contributed by atoms with Crippen molar-refractivity contribution in [3.8, 4) is 0 Å². The van der Waals surface area contributed by atoms with Gasteiger partial charge in [0, 0.05) is 18.0 Å². The summed E-state index contributed by atoms with van der Waals surface area (Å²) in [6, 6.07) is 5.15. The first-order valence-corrected chi connectivity index (χ1v) is 5.72. The average molecular weight is 233 g/mol. The predicted molar refractivity (Wildman–Crippen MR) is 65.3 cm³/mol. The van der Waals surface area contributed by atoms with Crippen molar-refractivity contribution in [2.24, 2.45) is 5.92 Å². The van der Waals surface area contributed by atoms with Crippen molar-refractivity contribution in [1.29, 1.82) is 0 Å². The van der Waals surface area contributed by atoms with E-state index in [1.807, 2.05) is 20.8 Å². The number of oxazole rings is 1. The van der Waals surface area contributed by atoms with E-state index in [-0.39, 0.29) is 17.5 Å². The van der Waals surface area contributed by atoms with Crippen LogP contribution in [0.25, 0.3) is 11.1 Å². The molecule has 0 spiro atoms. The Labute approximate surface area is 98.8 Å². The van der Waals surface area contributed by atoms with Crippen LogP contribution in [0.4, 0.5) is 0 Å². The van der Waals surface area contributed by atoms with Crippen LogP contribution >= 0.6 is 0 Å². The molecule has 4 heteroatoms. The second kappa shape index (κ2) is 4.20. The second-order valence-corrected chi connectivity index (χ2v) is 4.31. The molecule has 2 aromatic rings. The lowest BCUT2D eigenvalue weighted by molar-refractivity contribution is 0.0939. The van der Waals surface area contributed by atoms with Gasteiger partial charge in [-0.25, -0.2) is 4.79 Å². The molecule has 0 saturated heterocycles. The van der Waals surface area contributed by atoms with Gasteiger partial charge in [0.15, 0.2) is 11.4 Å². The molecule has 1 aromatic carbocycles. The minimum absolute atomic E-state index is 0.0544. The molecule has 2 rings (SSSR count). The van der Waals surface area contributed by atoms with Gasteiger partial charge in [0.25, 0.3) is 0 Å². The SMILES string of the molecule is CCn1c(=O)oc2cc(C(=O)C(C)C)ccc21. The molecule has 0 fully saturated rings. The molecule has 0 aliphatic rings. The Balaban J connectivity index is 2.60. The van der Waals surface area contributed by atoms with Crippen LogP contribution in [0, 0.1) is 5.92 Å². The largest absolute Gasteiger partial charge is 0.419 e. The molecule has 0 bridgehead atoms. The summed E-state index contributed by atoms with van der Waals surface area (Å²) in [6.07, 6.45) is 0. The Morgan fingerprint density at radius 1 is 1.41 bits per heavy atom. The van der Waals surface area contributed by atoms with E-state index in [9.17, 15) is 9.59 Å². The molecular weight excluding hydrogens is 218 g/mol. The molecule has 0 atom stereocenters. The highest BCUT2D eigenvalue weighted by Gasteiger charge is 2.14. The monoisotopic (exact) mass is 233 g/mol. The fourth-order valence-electron chi connectivity index (χ4n) is 1.85. The molecule has 0 aliphatic carbocycles. The minimum atomic E-state index is -0.378. The van der Waals surface area contributed by atoms with Gasteiger partial charge in [-0.1, -0.05) is 13.8 Å². The minimum Gasteiger partial charge on any atom is -0.408 e. The standard InChI is InChI=1S/C13H15NO3/c1-4-14-10-6-5-9(12(15)8(2)3)7-11(10)17-13(14)16/h5-8H,4H2,1-3H3. The number of carbonyl (C=O) groups is 1. The van der Waals surface area contributed by atoms with Gasteiger partial charge in [-0.3, -0.25) is 9.36 Å². The molecule has 0 aliphatic heterocycles. The summed E-state index contributed by atoms with van der Waals surface area (Å²) >= 11 is 0. The summed E-state index contributed by atoms with van der Waals surface area (Å²) in [5.41, 5.74) is 1.80. The number of benzene rings is 1. The first-order chi connectivity index (χ1) is 8.04. The Morgan fingerprint density at radius 3 is 2.71 bits per heavy atom. The molecule has 90 valence electrons. The summed E-state index contributed by atoms with van der Waals surface area (Å²) in [6.45, 7) is 6.13. The van der Waals surface area contributed by atoms with Crippen LogP contribution in [0.2, 0.25) is 0 Å². The van der Waals surface area contributed by atoms with Gasteiger partial charge in [-0.2, -0.15) is 0 Å². The van der Waals surface area contributed by atoms with Crippen LogP contribution in [0.15, 0.2) is 27.4 Å². The summed E-state index contributed by atoms with van der Waals surface area (Å²) in [4.78, 5) is 23.3. The molecular formula is C13H15NO3. The number of nitrogens with zero attached hydrogens (tertiary/aromatic N) is 1. The zero-order chi connectivity index (χ0) is 12.6. The van der Waals surface area contributed by atoms with Crippen molar-refractivity contribution in [2.75, 3.05) is 0 Å². The molecule has 0 saturated carbocycles. The van der Waals surface area contributed by atoms with E-state index in [1.54, 1.807) is 22.8 Å². The first kappa shape index (κ1) is 11.6. The molecule has 0 amide bonds. The van der Waals surface area contributed by atoms with E-state index in [1.165, 1.54) is 0 Å². The van der Waals surface area contributed by atoms with E-state index in [0.29, 0.717) is 17.7 Å². The topological polar surface area (TPSA) is 52.2 Å². The van der Waals surface area contributed by atoms with Crippen LogP contribution in [0.1, 0.15) is 31.1 Å². The summed E-state index contributed by atoms with van der Waals surface area (Å²) in [5.74, 6) is -0.386. The van der Waals surface area contributed by atoms with Crippen LogP contribution in [0.3, 0.4) is 0 Å². The van der Waals surface area contributed by atoms with Gasteiger partial charge in [0.05, 0.1) is 5.52 Å². The van der Waals surface area contributed by atoms with Gasteiger partial charge < -0.3 is 4.42 Å². The van der Waals surface area contributed by atoms with Crippen molar-refractivity contribution in [2.45, 2.75) is 27.3 Å². The number of aromatic nitrogens is 1. The molecule has 0 unspecified atom stereocenters. The fraction of sp³-hybridized carbons (Fsp3) is 0.385. The van der Waals surface area contributed by atoms with Gasteiger partial charge >= 0.3 is 5.76 Å². The highest BCUT2D eigenvalue weighted by Crippen LogP contribution is 2.17. The molecule has 4 nitrogen and oxygen atoms in total. The Morgan fingerprint density at radius 2 is 2.12 bits per heavy atom. The van der Waals surface area contributed by atoms with Crippen molar-refractivity contribution in [1.82, 2.24) is 4.57 Å². The van der Waals surface area contributed by atoms with Gasteiger partial charge in [-0.05, 0) is 25.1 Å². The lowest BCUT2D eigenvalue weighted by Crippen LogP contribution is -2.12. The lowest BCUT2D eigenvalue weighted by Gasteiger charge is -2.03. The van der Waals surface area contributed by atoms with Crippen LogP contribution < -0.4 is 5.76 Å². The number of rotatable bonds is 3. The third-order valence-corrected chi connectivity index (χ3v) is 2.79. The quantitative estimate of drug-likeness (QED) is 0.765. The smallest absolute Gasteiger partial charge is 0.408 e. The van der Waals surface area contributed by atoms with Gasteiger partial charge in [0.1, 0.15) is 0 Å². The van der Waals surface area contributed by atoms with E-state index in [0.717, 1.165) is 5.52 Å². The Bertz CT molecular complexity index is 619. The average Bonchev–Trinajstić information content (AvgIpc) is 2.61. The van der Waals surface area contributed by atoms with Crippen molar-refractivity contribution in [3.63, 3.8) is 0 Å². The summed E-state index contributed by atoms with van der Waals surface area (Å²) in [5, 5.41) is 0. The molecule has 0 radical (unpaired) electrons. The van der Waals surface area contributed by atoms with E-state index < -0.39 is 0 Å². The predicted octanol–water partition coefficient (Wildman–Crippen LogP) is 2.45. The maximum absolute atomic E-state index is 11.8. The Hall–Kier alpha value is -1.84. The number of carbonyl (C=O) groups excluding carboxylic acids is 1. The normalized spacial score (nSPS) is 11.3. The Kier molecular flexibility index (Phi) is 2.88. The lowest BCUT2D eigenvalue weighted by atomic mass is 10.0. The maximum Gasteiger partial charge on any atom is 0.419 e. The number of hydrogen-bond acceptors (Lipinski definition) is 3. The third kappa shape index (κ3) is 1.90. The fourth-order valence-corrected chi connectivity index (χ4v) is 1.85. The zero-order valence-electron chi connectivity index (χ0n) is 10.2. The highest BCUT2D eigenvalue weighted by molar-refractivity contribution is 5.99. The maximum atomic E-state index is 11.8. The van der Waals surface area contributed by atoms with Crippen LogP contribution in [0.5, 0.6) is 0 Å². The number of ketones is 1. The van der Waals surface area contributed by atoms with Crippen molar-refractivity contribution < 1.29 is 9.21 Å².